The minimum absolute atomic E-state index is 0.104. The lowest BCUT2D eigenvalue weighted by Crippen LogP contribution is -2.28. The number of rotatable bonds is 6. The van der Waals surface area contributed by atoms with E-state index in [1.807, 2.05) is 24.3 Å². The van der Waals surface area contributed by atoms with Crippen molar-refractivity contribution in [3.8, 4) is 0 Å². The smallest absolute Gasteiger partial charge is 0.226 e. The highest BCUT2D eigenvalue weighted by Gasteiger charge is 2.14. The standard InChI is InChI=1S/C14H20N2OS/c1-3-4-5-10-13(17)16(2)12-9-7-6-8-11(12)14(15)18/h6-9H,3-5,10H2,1-2H3,(H2,15,18). The van der Waals surface area contributed by atoms with Gasteiger partial charge in [-0.25, -0.2) is 0 Å². The summed E-state index contributed by atoms with van der Waals surface area (Å²) in [6.07, 6.45) is 3.68. The highest BCUT2D eigenvalue weighted by atomic mass is 32.1. The minimum Gasteiger partial charge on any atom is -0.389 e. The van der Waals surface area contributed by atoms with Crippen LogP contribution in [0.2, 0.25) is 0 Å². The Morgan fingerprint density at radius 3 is 2.61 bits per heavy atom. The summed E-state index contributed by atoms with van der Waals surface area (Å²) in [6, 6.07) is 7.46. The zero-order valence-corrected chi connectivity index (χ0v) is 11.8. The second-order valence-corrected chi connectivity index (χ2v) is 4.73. The maximum atomic E-state index is 12.0. The summed E-state index contributed by atoms with van der Waals surface area (Å²) < 4.78 is 0. The van der Waals surface area contributed by atoms with E-state index in [0.29, 0.717) is 11.4 Å². The highest BCUT2D eigenvalue weighted by molar-refractivity contribution is 7.80. The Bertz CT molecular complexity index is 432. The van der Waals surface area contributed by atoms with Crippen molar-refractivity contribution in [1.29, 1.82) is 0 Å². The first kappa shape index (κ1) is 14.6. The summed E-state index contributed by atoms with van der Waals surface area (Å²) in [5, 5.41) is 0. The summed E-state index contributed by atoms with van der Waals surface area (Å²) in [5.74, 6) is 0.104. The molecule has 0 aliphatic rings. The normalized spacial score (nSPS) is 10.1. The summed E-state index contributed by atoms with van der Waals surface area (Å²) in [4.78, 5) is 14.0. The fourth-order valence-electron chi connectivity index (χ4n) is 1.80. The van der Waals surface area contributed by atoms with Crippen LogP contribution in [0.25, 0.3) is 0 Å². The van der Waals surface area contributed by atoms with Gasteiger partial charge in [0.15, 0.2) is 0 Å². The number of unbranched alkanes of at least 4 members (excludes halogenated alkanes) is 2. The van der Waals surface area contributed by atoms with E-state index < -0.39 is 0 Å². The predicted octanol–water partition coefficient (Wildman–Crippen LogP) is 2.86. The number of anilines is 1. The van der Waals surface area contributed by atoms with E-state index in [4.69, 9.17) is 18.0 Å². The van der Waals surface area contributed by atoms with Crippen LogP contribution in [0.15, 0.2) is 24.3 Å². The van der Waals surface area contributed by atoms with Gasteiger partial charge < -0.3 is 10.6 Å². The number of thiocarbonyl (C=S) groups is 1. The highest BCUT2D eigenvalue weighted by Crippen LogP contribution is 2.20. The summed E-state index contributed by atoms with van der Waals surface area (Å²) >= 11 is 5.00. The average molecular weight is 264 g/mol. The Hall–Kier alpha value is -1.42. The molecule has 0 fully saturated rings. The number of nitrogens with zero attached hydrogens (tertiary/aromatic N) is 1. The van der Waals surface area contributed by atoms with Crippen molar-refractivity contribution in [3.05, 3.63) is 29.8 Å². The lowest BCUT2D eigenvalue weighted by atomic mass is 10.1. The largest absolute Gasteiger partial charge is 0.389 e. The van der Waals surface area contributed by atoms with Gasteiger partial charge in [0.25, 0.3) is 0 Å². The van der Waals surface area contributed by atoms with E-state index in [9.17, 15) is 4.79 Å². The monoisotopic (exact) mass is 264 g/mol. The molecule has 0 bridgehead atoms. The lowest BCUT2D eigenvalue weighted by Gasteiger charge is -2.20. The van der Waals surface area contributed by atoms with E-state index in [1.54, 1.807) is 11.9 Å². The van der Waals surface area contributed by atoms with E-state index in [1.165, 1.54) is 0 Å². The maximum absolute atomic E-state index is 12.0. The molecule has 3 nitrogen and oxygen atoms in total. The van der Waals surface area contributed by atoms with Crippen LogP contribution in [-0.4, -0.2) is 17.9 Å². The van der Waals surface area contributed by atoms with Gasteiger partial charge in [0.2, 0.25) is 5.91 Å². The van der Waals surface area contributed by atoms with Crippen LogP contribution in [0, 0.1) is 0 Å². The Morgan fingerprint density at radius 1 is 1.33 bits per heavy atom. The number of para-hydroxylation sites is 1. The number of amides is 1. The van der Waals surface area contributed by atoms with Gasteiger partial charge in [-0.2, -0.15) is 0 Å². The second-order valence-electron chi connectivity index (χ2n) is 4.29. The third-order valence-electron chi connectivity index (χ3n) is 2.90. The van der Waals surface area contributed by atoms with Gasteiger partial charge in [-0.05, 0) is 18.6 Å². The van der Waals surface area contributed by atoms with Crippen LogP contribution in [0.5, 0.6) is 0 Å². The SMILES string of the molecule is CCCCCC(=O)N(C)c1ccccc1C(N)=S. The Kier molecular flexibility index (Phi) is 5.78. The van der Waals surface area contributed by atoms with Gasteiger partial charge in [0, 0.05) is 19.0 Å². The van der Waals surface area contributed by atoms with Crippen molar-refractivity contribution in [2.45, 2.75) is 32.6 Å². The molecule has 4 heteroatoms. The maximum Gasteiger partial charge on any atom is 0.226 e. The third kappa shape index (κ3) is 3.81. The topological polar surface area (TPSA) is 46.3 Å². The van der Waals surface area contributed by atoms with Crippen molar-refractivity contribution < 1.29 is 4.79 Å². The molecule has 0 spiro atoms. The van der Waals surface area contributed by atoms with Crippen molar-refractivity contribution in [1.82, 2.24) is 0 Å². The average Bonchev–Trinajstić information content (AvgIpc) is 2.38. The number of carbonyl (C=O) groups is 1. The van der Waals surface area contributed by atoms with E-state index in [2.05, 4.69) is 6.92 Å². The molecule has 98 valence electrons. The molecule has 18 heavy (non-hydrogen) atoms. The van der Waals surface area contributed by atoms with Crippen LogP contribution in [-0.2, 0) is 4.79 Å². The molecular weight excluding hydrogens is 244 g/mol. The van der Waals surface area contributed by atoms with Crippen LogP contribution in [0.1, 0.15) is 38.2 Å². The fourth-order valence-corrected chi connectivity index (χ4v) is 1.98. The number of nitrogens with two attached hydrogens (primary N) is 1. The number of carbonyl (C=O) groups excluding carboxylic acids is 1. The molecule has 1 amide bonds. The molecule has 0 radical (unpaired) electrons. The van der Waals surface area contributed by atoms with Gasteiger partial charge in [0.1, 0.15) is 4.99 Å². The molecule has 2 N–H and O–H groups in total. The molecular formula is C14H20N2OS. The minimum atomic E-state index is 0.104. The lowest BCUT2D eigenvalue weighted by molar-refractivity contribution is -0.118. The second kappa shape index (κ2) is 7.11. The van der Waals surface area contributed by atoms with Gasteiger partial charge in [-0.3, -0.25) is 4.79 Å². The molecule has 1 aromatic carbocycles. The fraction of sp³-hybridized carbons (Fsp3) is 0.429. The van der Waals surface area contributed by atoms with Gasteiger partial charge in [-0.15, -0.1) is 0 Å². The molecule has 0 aliphatic heterocycles. The first-order valence-electron chi connectivity index (χ1n) is 6.23. The van der Waals surface area contributed by atoms with Crippen molar-refractivity contribution in [2.24, 2.45) is 5.73 Å². The van der Waals surface area contributed by atoms with Crippen LogP contribution < -0.4 is 10.6 Å². The molecule has 0 unspecified atom stereocenters. The van der Waals surface area contributed by atoms with Crippen LogP contribution in [0.4, 0.5) is 5.69 Å². The first-order chi connectivity index (χ1) is 8.57. The molecule has 0 saturated carbocycles. The Morgan fingerprint density at radius 2 is 2.00 bits per heavy atom. The van der Waals surface area contributed by atoms with E-state index >= 15 is 0 Å². The quantitative estimate of drug-likeness (QED) is 0.635. The van der Waals surface area contributed by atoms with Gasteiger partial charge >= 0.3 is 0 Å². The number of benzene rings is 1. The van der Waals surface area contributed by atoms with Crippen molar-refractivity contribution >= 4 is 28.8 Å². The van der Waals surface area contributed by atoms with Crippen molar-refractivity contribution in [3.63, 3.8) is 0 Å². The summed E-state index contributed by atoms with van der Waals surface area (Å²) in [7, 11) is 1.77. The summed E-state index contributed by atoms with van der Waals surface area (Å²) in [5.41, 5.74) is 7.20. The molecule has 0 saturated heterocycles. The molecule has 1 rings (SSSR count). The Balaban J connectivity index is 2.80. The molecule has 0 aromatic heterocycles. The Labute approximate surface area is 114 Å². The van der Waals surface area contributed by atoms with Crippen LogP contribution >= 0.6 is 12.2 Å². The van der Waals surface area contributed by atoms with E-state index in [0.717, 1.165) is 30.5 Å². The molecule has 0 heterocycles. The van der Waals surface area contributed by atoms with Crippen molar-refractivity contribution in [2.75, 3.05) is 11.9 Å². The van der Waals surface area contributed by atoms with Gasteiger partial charge in [0.05, 0.1) is 5.69 Å². The van der Waals surface area contributed by atoms with Crippen LogP contribution in [0.3, 0.4) is 0 Å². The molecule has 0 aliphatic carbocycles. The first-order valence-corrected chi connectivity index (χ1v) is 6.64. The summed E-state index contributed by atoms with van der Waals surface area (Å²) in [6.45, 7) is 2.12. The number of hydrogen-bond acceptors (Lipinski definition) is 2. The molecule has 0 atom stereocenters. The van der Waals surface area contributed by atoms with Gasteiger partial charge in [-0.1, -0.05) is 44.1 Å². The predicted molar refractivity (Wildman–Crippen MR) is 79.9 cm³/mol. The number of hydrogen-bond donors (Lipinski definition) is 1. The zero-order valence-electron chi connectivity index (χ0n) is 11.0. The molecule has 1 aromatic rings. The van der Waals surface area contributed by atoms with E-state index in [-0.39, 0.29) is 5.91 Å². The zero-order chi connectivity index (χ0) is 13.5. The third-order valence-corrected chi connectivity index (χ3v) is 3.12.